The lowest BCUT2D eigenvalue weighted by atomic mass is 9.82. The van der Waals surface area contributed by atoms with Crippen LogP contribution in [0.2, 0.25) is 0 Å². The first-order valence-electron chi connectivity index (χ1n) is 17.2. The Hall–Kier alpha value is -3.26. The van der Waals surface area contributed by atoms with E-state index in [0.29, 0.717) is 6.61 Å². The summed E-state index contributed by atoms with van der Waals surface area (Å²) in [7, 11) is 0. The standard InChI is InChI=1S/C38H47NO6/c1-4-20-39(21-5-1)22-25-40-31-15-12-29(13-16-31)38-34(28-10-17-32(18-11-28)43-36-8-2-6-23-41-36)26-30-14-19-33(27-35(30)45-38)44-37-9-3-7-24-42-37/h10-19,27,34,36-38H,1-9,20-26H2. The summed E-state index contributed by atoms with van der Waals surface area (Å²) in [6.45, 7) is 5.59. The summed E-state index contributed by atoms with van der Waals surface area (Å²) in [4.78, 5) is 2.51. The van der Waals surface area contributed by atoms with Crippen molar-refractivity contribution in [1.29, 1.82) is 0 Å². The smallest absolute Gasteiger partial charge is 0.199 e. The zero-order valence-corrected chi connectivity index (χ0v) is 26.4. The van der Waals surface area contributed by atoms with Gasteiger partial charge in [-0.3, -0.25) is 4.90 Å². The second kappa shape index (κ2) is 14.9. The minimum Gasteiger partial charge on any atom is -0.492 e. The highest BCUT2D eigenvalue weighted by Crippen LogP contribution is 2.45. The van der Waals surface area contributed by atoms with E-state index in [0.717, 1.165) is 93.3 Å². The van der Waals surface area contributed by atoms with Gasteiger partial charge < -0.3 is 28.4 Å². The molecule has 4 aliphatic heterocycles. The van der Waals surface area contributed by atoms with Crippen molar-refractivity contribution in [2.45, 2.75) is 88.8 Å². The zero-order chi connectivity index (χ0) is 30.3. The van der Waals surface area contributed by atoms with Gasteiger partial charge in [-0.25, -0.2) is 0 Å². The molecule has 3 fully saturated rings. The van der Waals surface area contributed by atoms with E-state index in [1.165, 1.54) is 43.5 Å². The lowest BCUT2D eigenvalue weighted by molar-refractivity contribution is -0.106. The Kier molecular flexibility index (Phi) is 10.1. The van der Waals surface area contributed by atoms with Crippen LogP contribution in [0.4, 0.5) is 0 Å². The average molecular weight is 614 g/mol. The number of hydrogen-bond acceptors (Lipinski definition) is 7. The van der Waals surface area contributed by atoms with Crippen molar-refractivity contribution < 1.29 is 28.4 Å². The Labute approximate surface area is 267 Å². The van der Waals surface area contributed by atoms with Gasteiger partial charge in [-0.15, -0.1) is 0 Å². The fourth-order valence-electron chi connectivity index (χ4n) is 6.98. The molecule has 0 aromatic heterocycles. The average Bonchev–Trinajstić information content (AvgIpc) is 3.10. The molecule has 7 nitrogen and oxygen atoms in total. The second-order valence-electron chi connectivity index (χ2n) is 12.8. The molecule has 240 valence electrons. The number of ether oxygens (including phenoxy) is 6. The van der Waals surface area contributed by atoms with E-state index in [1.807, 2.05) is 6.07 Å². The van der Waals surface area contributed by atoms with Gasteiger partial charge in [-0.05, 0) is 105 Å². The van der Waals surface area contributed by atoms with Crippen LogP contribution in [0.5, 0.6) is 23.0 Å². The Morgan fingerprint density at radius 2 is 1.29 bits per heavy atom. The SMILES string of the molecule is c1cc(C2Oc3cc(OC4CCCCO4)ccc3CC2c2ccc(OC3CCCCO3)cc2)ccc1OCCN1CCCCC1. The number of likely N-dealkylation sites (tertiary alicyclic amines) is 1. The maximum Gasteiger partial charge on any atom is 0.199 e. The van der Waals surface area contributed by atoms with Crippen LogP contribution in [0, 0.1) is 0 Å². The lowest BCUT2D eigenvalue weighted by Crippen LogP contribution is -2.33. The van der Waals surface area contributed by atoms with Crippen LogP contribution < -0.4 is 18.9 Å². The quantitative estimate of drug-likeness (QED) is 0.231. The molecular weight excluding hydrogens is 566 g/mol. The molecule has 4 heterocycles. The molecule has 0 spiro atoms. The number of hydrogen-bond donors (Lipinski definition) is 0. The summed E-state index contributed by atoms with van der Waals surface area (Å²) in [5.41, 5.74) is 3.54. The molecule has 0 saturated carbocycles. The van der Waals surface area contributed by atoms with Crippen molar-refractivity contribution in [2.24, 2.45) is 0 Å². The van der Waals surface area contributed by atoms with Gasteiger partial charge in [0.05, 0.1) is 13.2 Å². The van der Waals surface area contributed by atoms with Crippen LogP contribution in [0.25, 0.3) is 0 Å². The lowest BCUT2D eigenvalue weighted by Gasteiger charge is -2.35. The molecule has 0 aliphatic carbocycles. The highest BCUT2D eigenvalue weighted by molar-refractivity contribution is 5.46. The number of piperidine rings is 1. The predicted molar refractivity (Wildman–Crippen MR) is 173 cm³/mol. The summed E-state index contributed by atoms with van der Waals surface area (Å²) in [5, 5.41) is 0. The van der Waals surface area contributed by atoms with Gasteiger partial charge in [0, 0.05) is 31.4 Å². The highest BCUT2D eigenvalue weighted by Gasteiger charge is 2.33. The maximum absolute atomic E-state index is 6.85. The first-order chi connectivity index (χ1) is 22.3. The molecule has 3 aromatic rings. The third-order valence-corrected chi connectivity index (χ3v) is 9.55. The normalized spacial score (nSPS) is 25.5. The van der Waals surface area contributed by atoms with Gasteiger partial charge in [-0.1, -0.05) is 36.8 Å². The fourth-order valence-corrected chi connectivity index (χ4v) is 6.98. The number of fused-ring (bicyclic) bond motifs is 1. The van der Waals surface area contributed by atoms with E-state index >= 15 is 0 Å². The molecule has 0 N–H and O–H groups in total. The molecule has 7 heteroatoms. The molecule has 7 rings (SSSR count). The van der Waals surface area contributed by atoms with E-state index in [1.54, 1.807) is 0 Å². The van der Waals surface area contributed by atoms with Crippen molar-refractivity contribution in [2.75, 3.05) is 39.5 Å². The van der Waals surface area contributed by atoms with Crippen molar-refractivity contribution >= 4 is 0 Å². The topological polar surface area (TPSA) is 58.6 Å². The minimum absolute atomic E-state index is 0.136. The van der Waals surface area contributed by atoms with Gasteiger partial charge in [0.15, 0.2) is 12.6 Å². The molecule has 4 atom stereocenters. The Morgan fingerprint density at radius 1 is 0.644 bits per heavy atom. The zero-order valence-electron chi connectivity index (χ0n) is 26.4. The van der Waals surface area contributed by atoms with Gasteiger partial charge in [0.2, 0.25) is 0 Å². The third kappa shape index (κ3) is 7.94. The van der Waals surface area contributed by atoms with Crippen LogP contribution in [-0.2, 0) is 15.9 Å². The molecule has 3 aromatic carbocycles. The molecule has 0 radical (unpaired) electrons. The van der Waals surface area contributed by atoms with Crippen molar-refractivity contribution in [1.82, 2.24) is 4.90 Å². The number of nitrogens with zero attached hydrogens (tertiary/aromatic N) is 1. The van der Waals surface area contributed by atoms with Gasteiger partial charge in [-0.2, -0.15) is 0 Å². The summed E-state index contributed by atoms with van der Waals surface area (Å²) < 4.78 is 36.9. The first-order valence-corrected chi connectivity index (χ1v) is 17.2. The highest BCUT2D eigenvalue weighted by atomic mass is 16.7. The summed E-state index contributed by atoms with van der Waals surface area (Å²) in [5.74, 6) is 3.55. The van der Waals surface area contributed by atoms with E-state index in [9.17, 15) is 0 Å². The molecule has 45 heavy (non-hydrogen) atoms. The van der Waals surface area contributed by atoms with Crippen LogP contribution >= 0.6 is 0 Å². The van der Waals surface area contributed by atoms with Crippen LogP contribution in [0.15, 0.2) is 66.7 Å². The van der Waals surface area contributed by atoms with E-state index in [2.05, 4.69) is 65.6 Å². The Balaban J connectivity index is 1.08. The van der Waals surface area contributed by atoms with Crippen molar-refractivity contribution in [3.05, 3.63) is 83.4 Å². The molecule has 0 amide bonds. The monoisotopic (exact) mass is 613 g/mol. The third-order valence-electron chi connectivity index (χ3n) is 9.55. The molecule has 4 aliphatic rings. The predicted octanol–water partition coefficient (Wildman–Crippen LogP) is 7.82. The fraction of sp³-hybridized carbons (Fsp3) is 0.526. The molecule has 0 bridgehead atoms. The minimum atomic E-state index is -0.189. The molecule has 3 saturated heterocycles. The van der Waals surface area contributed by atoms with Crippen LogP contribution in [0.3, 0.4) is 0 Å². The summed E-state index contributed by atoms with van der Waals surface area (Å²) in [6.07, 6.45) is 10.6. The molecule has 4 unspecified atom stereocenters. The number of benzene rings is 3. The van der Waals surface area contributed by atoms with Gasteiger partial charge >= 0.3 is 0 Å². The Bertz CT molecular complexity index is 1340. The maximum atomic E-state index is 6.85. The van der Waals surface area contributed by atoms with Crippen molar-refractivity contribution in [3.63, 3.8) is 0 Å². The van der Waals surface area contributed by atoms with Crippen LogP contribution in [0.1, 0.15) is 86.5 Å². The van der Waals surface area contributed by atoms with E-state index in [-0.39, 0.29) is 24.6 Å². The second-order valence-corrected chi connectivity index (χ2v) is 12.8. The van der Waals surface area contributed by atoms with Crippen molar-refractivity contribution in [3.8, 4) is 23.0 Å². The summed E-state index contributed by atoms with van der Waals surface area (Å²) >= 11 is 0. The summed E-state index contributed by atoms with van der Waals surface area (Å²) in [6, 6.07) is 23.2. The van der Waals surface area contributed by atoms with E-state index in [4.69, 9.17) is 28.4 Å². The van der Waals surface area contributed by atoms with Gasteiger partial charge in [0.25, 0.3) is 0 Å². The van der Waals surface area contributed by atoms with E-state index < -0.39 is 0 Å². The van der Waals surface area contributed by atoms with Crippen LogP contribution in [-0.4, -0.2) is 56.9 Å². The number of rotatable bonds is 10. The van der Waals surface area contributed by atoms with Gasteiger partial charge in [0.1, 0.15) is 35.7 Å². The first kappa shape index (κ1) is 30.4. The molecular formula is C38H47NO6. The largest absolute Gasteiger partial charge is 0.492 e. The Morgan fingerprint density at radius 3 is 1.98 bits per heavy atom.